The van der Waals surface area contributed by atoms with Crippen LogP contribution in [-0.2, 0) is 20.8 Å². The van der Waals surface area contributed by atoms with E-state index in [1.165, 1.54) is 0 Å². The van der Waals surface area contributed by atoms with Crippen molar-refractivity contribution in [1.82, 2.24) is 10.2 Å². The fraction of sp³-hybridized carbons (Fsp3) is 0.579. The molecule has 2 amide bonds. The molecule has 2 unspecified atom stereocenters. The minimum atomic E-state index is -0.533. The molecule has 7 heteroatoms. The summed E-state index contributed by atoms with van der Waals surface area (Å²) in [4.78, 5) is 25.9. The topological polar surface area (TPSA) is 80.4 Å². The SMILES string of the molecule is CC(C)(C)OC(=O)N1CC2OC2[C@H]1CCNC(=O)OCc1ccccc1. The molecule has 2 saturated heterocycles. The van der Waals surface area contributed by atoms with Gasteiger partial charge in [0.25, 0.3) is 0 Å². The smallest absolute Gasteiger partial charge is 0.410 e. The molecule has 2 heterocycles. The Hall–Kier alpha value is -2.28. The van der Waals surface area contributed by atoms with Gasteiger partial charge in [-0.1, -0.05) is 30.3 Å². The Morgan fingerprint density at radius 2 is 2.00 bits per heavy atom. The van der Waals surface area contributed by atoms with Crippen molar-refractivity contribution in [1.29, 1.82) is 0 Å². The summed E-state index contributed by atoms with van der Waals surface area (Å²) < 4.78 is 16.2. The van der Waals surface area contributed by atoms with Crippen LogP contribution in [0.3, 0.4) is 0 Å². The monoisotopic (exact) mass is 362 g/mol. The van der Waals surface area contributed by atoms with E-state index >= 15 is 0 Å². The molecule has 1 N–H and O–H groups in total. The summed E-state index contributed by atoms with van der Waals surface area (Å²) in [6.07, 6.45) is -0.0583. The molecule has 7 nitrogen and oxygen atoms in total. The van der Waals surface area contributed by atoms with Gasteiger partial charge in [-0.05, 0) is 32.8 Å². The molecule has 0 aromatic heterocycles. The molecule has 0 spiro atoms. The molecule has 1 aromatic rings. The molecule has 3 atom stereocenters. The molecule has 2 aliphatic rings. The summed E-state index contributed by atoms with van der Waals surface area (Å²) in [5, 5.41) is 2.73. The van der Waals surface area contributed by atoms with Crippen molar-refractivity contribution in [2.45, 2.75) is 57.6 Å². The van der Waals surface area contributed by atoms with Gasteiger partial charge in [-0.2, -0.15) is 0 Å². The number of carbonyl (C=O) groups is 2. The van der Waals surface area contributed by atoms with Crippen LogP contribution in [-0.4, -0.2) is 54.0 Å². The van der Waals surface area contributed by atoms with Crippen molar-refractivity contribution in [3.63, 3.8) is 0 Å². The second kappa shape index (κ2) is 7.53. The van der Waals surface area contributed by atoms with Crippen molar-refractivity contribution in [3.8, 4) is 0 Å². The van der Waals surface area contributed by atoms with Gasteiger partial charge in [0.05, 0.1) is 12.6 Å². The normalized spacial score (nSPS) is 24.0. The third kappa shape index (κ3) is 4.88. The number of hydrogen-bond donors (Lipinski definition) is 1. The summed E-state index contributed by atoms with van der Waals surface area (Å²) in [5.41, 5.74) is 0.401. The lowest BCUT2D eigenvalue weighted by Gasteiger charge is -2.30. The lowest BCUT2D eigenvalue weighted by atomic mass is 10.1. The van der Waals surface area contributed by atoms with Crippen molar-refractivity contribution in [3.05, 3.63) is 35.9 Å². The van der Waals surface area contributed by atoms with Gasteiger partial charge in [0.2, 0.25) is 0 Å². The van der Waals surface area contributed by atoms with Gasteiger partial charge in [0.15, 0.2) is 0 Å². The maximum absolute atomic E-state index is 12.3. The molecule has 2 fully saturated rings. The number of benzene rings is 1. The van der Waals surface area contributed by atoms with Gasteiger partial charge in [0.1, 0.15) is 24.4 Å². The third-order valence-corrected chi connectivity index (χ3v) is 4.33. The molecule has 26 heavy (non-hydrogen) atoms. The van der Waals surface area contributed by atoms with Crippen LogP contribution in [0.25, 0.3) is 0 Å². The molecule has 0 radical (unpaired) electrons. The van der Waals surface area contributed by atoms with E-state index < -0.39 is 11.7 Å². The minimum Gasteiger partial charge on any atom is -0.445 e. The molecule has 2 aliphatic heterocycles. The number of nitrogens with zero attached hydrogens (tertiary/aromatic N) is 1. The Kier molecular flexibility index (Phi) is 5.36. The molecular formula is C19H26N2O5. The molecule has 0 aliphatic carbocycles. The molecule has 0 saturated carbocycles. The number of hydrogen-bond acceptors (Lipinski definition) is 5. The number of alkyl carbamates (subject to hydrolysis) is 1. The maximum atomic E-state index is 12.3. The predicted molar refractivity (Wildman–Crippen MR) is 94.6 cm³/mol. The van der Waals surface area contributed by atoms with E-state index in [0.717, 1.165) is 5.56 Å². The summed E-state index contributed by atoms with van der Waals surface area (Å²) >= 11 is 0. The van der Waals surface area contributed by atoms with Gasteiger partial charge in [0, 0.05) is 6.54 Å². The number of epoxide rings is 1. The van der Waals surface area contributed by atoms with Crippen LogP contribution in [0.4, 0.5) is 9.59 Å². The first-order valence-corrected chi connectivity index (χ1v) is 8.93. The standard InChI is InChI=1S/C19H26N2O5/c1-19(2,3)26-18(23)21-11-15-16(25-15)14(21)9-10-20-17(22)24-12-13-7-5-4-6-8-13/h4-8,14-16H,9-12H2,1-3H3,(H,20,22)/t14-,15?,16?/m1/s1. The van der Waals surface area contributed by atoms with Gasteiger partial charge >= 0.3 is 12.2 Å². The van der Waals surface area contributed by atoms with E-state index in [1.807, 2.05) is 51.1 Å². The number of rotatable bonds is 5. The minimum absolute atomic E-state index is 0.0460. The van der Waals surface area contributed by atoms with Crippen LogP contribution < -0.4 is 5.32 Å². The highest BCUT2D eigenvalue weighted by molar-refractivity contribution is 5.70. The second-order valence-electron chi connectivity index (χ2n) is 7.62. The maximum Gasteiger partial charge on any atom is 0.410 e. The fourth-order valence-electron chi connectivity index (χ4n) is 3.10. The van der Waals surface area contributed by atoms with E-state index in [2.05, 4.69) is 5.32 Å². The highest BCUT2D eigenvalue weighted by atomic mass is 16.6. The van der Waals surface area contributed by atoms with Crippen LogP contribution in [0.2, 0.25) is 0 Å². The van der Waals surface area contributed by atoms with Gasteiger partial charge in [-0.25, -0.2) is 9.59 Å². The van der Waals surface area contributed by atoms with Crippen LogP contribution in [0.1, 0.15) is 32.8 Å². The van der Waals surface area contributed by atoms with E-state index in [0.29, 0.717) is 19.5 Å². The van der Waals surface area contributed by atoms with Gasteiger partial charge in [-0.15, -0.1) is 0 Å². The summed E-state index contributed by atoms with van der Waals surface area (Å²) in [6, 6.07) is 9.42. The van der Waals surface area contributed by atoms with E-state index in [-0.39, 0.29) is 30.9 Å². The number of ether oxygens (including phenoxy) is 3. The molecule has 0 bridgehead atoms. The number of amides is 2. The summed E-state index contributed by atoms with van der Waals surface area (Å²) in [6.45, 7) is 6.72. The van der Waals surface area contributed by atoms with Crippen molar-refractivity contribution >= 4 is 12.2 Å². The Balaban J connectivity index is 1.41. The zero-order chi connectivity index (χ0) is 18.7. The number of fused-ring (bicyclic) bond motifs is 1. The largest absolute Gasteiger partial charge is 0.445 e. The number of likely N-dealkylation sites (tertiary alicyclic amines) is 1. The van der Waals surface area contributed by atoms with Gasteiger partial charge in [-0.3, -0.25) is 4.90 Å². The number of nitrogens with one attached hydrogen (secondary N) is 1. The first-order chi connectivity index (χ1) is 12.3. The molecule has 142 valence electrons. The zero-order valence-corrected chi connectivity index (χ0v) is 15.4. The van der Waals surface area contributed by atoms with E-state index in [4.69, 9.17) is 14.2 Å². The van der Waals surface area contributed by atoms with Crippen LogP contribution >= 0.6 is 0 Å². The predicted octanol–water partition coefficient (Wildman–Crippen LogP) is 2.69. The van der Waals surface area contributed by atoms with Crippen LogP contribution in [0, 0.1) is 0 Å². The fourth-order valence-corrected chi connectivity index (χ4v) is 3.10. The van der Waals surface area contributed by atoms with Crippen molar-refractivity contribution < 1.29 is 23.8 Å². The molecular weight excluding hydrogens is 336 g/mol. The van der Waals surface area contributed by atoms with Gasteiger partial charge < -0.3 is 19.5 Å². The van der Waals surface area contributed by atoms with Crippen molar-refractivity contribution in [2.75, 3.05) is 13.1 Å². The number of carbonyl (C=O) groups excluding carboxylic acids is 2. The molecule has 3 rings (SSSR count). The lowest BCUT2D eigenvalue weighted by molar-refractivity contribution is 0.0115. The van der Waals surface area contributed by atoms with E-state index in [1.54, 1.807) is 4.90 Å². The van der Waals surface area contributed by atoms with E-state index in [9.17, 15) is 9.59 Å². The summed E-state index contributed by atoms with van der Waals surface area (Å²) in [5.74, 6) is 0. The Morgan fingerprint density at radius 3 is 2.69 bits per heavy atom. The second-order valence-corrected chi connectivity index (χ2v) is 7.62. The Labute approximate surface area is 153 Å². The van der Waals surface area contributed by atoms with Crippen LogP contribution in [0.15, 0.2) is 30.3 Å². The Morgan fingerprint density at radius 1 is 1.27 bits per heavy atom. The third-order valence-electron chi connectivity index (χ3n) is 4.33. The van der Waals surface area contributed by atoms with Crippen LogP contribution in [0.5, 0.6) is 0 Å². The Bertz CT molecular complexity index is 643. The quantitative estimate of drug-likeness (QED) is 0.815. The highest BCUT2D eigenvalue weighted by Crippen LogP contribution is 2.38. The molecule has 1 aromatic carbocycles. The first kappa shape index (κ1) is 18.5. The van der Waals surface area contributed by atoms with Crippen molar-refractivity contribution in [2.24, 2.45) is 0 Å². The zero-order valence-electron chi connectivity index (χ0n) is 15.4. The average molecular weight is 362 g/mol. The number of morpholine rings is 1. The highest BCUT2D eigenvalue weighted by Gasteiger charge is 2.56. The lowest BCUT2D eigenvalue weighted by Crippen LogP contribution is -2.44. The summed E-state index contributed by atoms with van der Waals surface area (Å²) in [7, 11) is 0. The average Bonchev–Trinajstić information content (AvgIpc) is 3.26. The first-order valence-electron chi connectivity index (χ1n) is 8.93.